The quantitative estimate of drug-likeness (QED) is 0.847. The van der Waals surface area contributed by atoms with Crippen LogP contribution in [0.5, 0.6) is 11.5 Å². The summed E-state index contributed by atoms with van der Waals surface area (Å²) >= 11 is 0. The molecule has 5 heteroatoms. The number of carboxylic acid groups (broad SMARTS) is 1. The second-order valence-corrected chi connectivity index (χ2v) is 3.50. The van der Waals surface area contributed by atoms with E-state index in [-0.39, 0.29) is 6.42 Å². The topological polar surface area (TPSA) is 90.5 Å². The molecule has 0 aromatic heterocycles. The summed E-state index contributed by atoms with van der Waals surface area (Å²) in [6.45, 7) is 1.74. The van der Waals surface area contributed by atoms with Crippen molar-refractivity contribution in [1.29, 1.82) is 5.26 Å². The number of rotatable bonds is 3. The van der Waals surface area contributed by atoms with Gasteiger partial charge in [-0.25, -0.2) is 0 Å². The number of ether oxygens (including phenoxy) is 1. The van der Waals surface area contributed by atoms with Gasteiger partial charge in [0.25, 0.3) is 0 Å². The molecule has 1 atom stereocenters. The maximum absolute atomic E-state index is 9.81. The largest absolute Gasteiger partial charge is 0.481 e. The molecule has 2 N–H and O–H groups in total. The highest BCUT2D eigenvalue weighted by Crippen LogP contribution is 2.40. The van der Waals surface area contributed by atoms with Crippen molar-refractivity contribution in [3.05, 3.63) is 23.8 Å². The first-order chi connectivity index (χ1) is 8.08. The maximum atomic E-state index is 9.81. The van der Waals surface area contributed by atoms with E-state index in [0.29, 0.717) is 23.5 Å². The zero-order valence-electron chi connectivity index (χ0n) is 9.38. The van der Waals surface area contributed by atoms with Gasteiger partial charge in [-0.15, -0.1) is 0 Å². The number of aliphatic hydroxyl groups is 1. The summed E-state index contributed by atoms with van der Waals surface area (Å²) in [5, 5.41) is 25.1. The molecule has 0 saturated carbocycles. The molecule has 2 bridgehead atoms. The molecule has 17 heavy (non-hydrogen) atoms. The van der Waals surface area contributed by atoms with Crippen LogP contribution in [0.3, 0.4) is 0 Å². The first-order valence-electron chi connectivity index (χ1n) is 5.19. The molecule has 90 valence electrons. The Morgan fingerprint density at radius 1 is 1.53 bits per heavy atom. The zero-order valence-corrected chi connectivity index (χ0v) is 9.38. The minimum absolute atomic E-state index is 0.142. The van der Waals surface area contributed by atoms with Crippen molar-refractivity contribution < 1.29 is 19.7 Å². The predicted octanol–water partition coefficient (Wildman–Crippen LogP) is 1.90. The smallest absolute Gasteiger partial charge is 0.305 e. The molecule has 0 spiro atoms. The maximum Gasteiger partial charge on any atom is 0.305 e. The van der Waals surface area contributed by atoms with E-state index in [4.69, 9.17) is 20.2 Å². The average Bonchev–Trinajstić information content (AvgIpc) is 2.30. The van der Waals surface area contributed by atoms with Crippen molar-refractivity contribution in [3.63, 3.8) is 0 Å². The lowest BCUT2D eigenvalue weighted by Gasteiger charge is -2.17. The molecule has 2 aliphatic heterocycles. The molecule has 1 unspecified atom stereocenters. The highest BCUT2D eigenvalue weighted by molar-refractivity contribution is 5.67. The molecule has 0 fully saturated rings. The van der Waals surface area contributed by atoms with E-state index in [1.54, 1.807) is 19.1 Å². The second-order valence-electron chi connectivity index (χ2n) is 3.50. The molecule has 2 heterocycles. The molecule has 0 aliphatic carbocycles. The number of hydrogen-bond donors (Lipinski definition) is 2. The highest BCUT2D eigenvalue weighted by Gasteiger charge is 2.19. The molecule has 0 amide bonds. The van der Waals surface area contributed by atoms with Crippen LogP contribution in [0.15, 0.2) is 18.2 Å². The van der Waals surface area contributed by atoms with Gasteiger partial charge in [0.2, 0.25) is 0 Å². The van der Waals surface area contributed by atoms with Crippen LogP contribution in [-0.2, 0) is 4.79 Å². The van der Waals surface area contributed by atoms with Crippen molar-refractivity contribution in [2.75, 3.05) is 0 Å². The minimum atomic E-state index is -0.945. The van der Waals surface area contributed by atoms with Crippen LogP contribution in [0.4, 0.5) is 0 Å². The number of hydrogen-bond acceptors (Lipinski definition) is 4. The average molecular weight is 235 g/mol. The highest BCUT2D eigenvalue weighted by atomic mass is 16.5. The van der Waals surface area contributed by atoms with Gasteiger partial charge in [0.1, 0.15) is 23.1 Å². The van der Waals surface area contributed by atoms with Crippen LogP contribution in [0.2, 0.25) is 0 Å². The molecule has 0 saturated heterocycles. The van der Waals surface area contributed by atoms with Gasteiger partial charge in [0.15, 0.2) is 0 Å². The fraction of sp³-hybridized carbons (Fsp3) is 0.333. The number of fused-ring (bicyclic) bond motifs is 2. The van der Waals surface area contributed by atoms with Crippen LogP contribution >= 0.6 is 0 Å². The monoisotopic (exact) mass is 235 g/mol. The Morgan fingerprint density at radius 3 is 2.35 bits per heavy atom. The number of nitrogens with zero attached hydrogens (tertiary/aromatic N) is 1. The summed E-state index contributed by atoms with van der Waals surface area (Å²) in [4.78, 5) is 9.81. The van der Waals surface area contributed by atoms with Crippen molar-refractivity contribution in [3.8, 4) is 17.6 Å². The van der Waals surface area contributed by atoms with Gasteiger partial charge in [-0.2, -0.15) is 5.26 Å². The van der Waals surface area contributed by atoms with Crippen molar-refractivity contribution in [1.82, 2.24) is 0 Å². The van der Waals surface area contributed by atoms with Gasteiger partial charge in [-0.1, -0.05) is 13.0 Å². The standard InChI is InChI=1S/C7H3NO.C5H10O3/c8-4-5-6-2-1-3-7(5)9-6;1-2-4(6)3-5(7)8/h1-3H;4,6H,2-3H2,1H3,(H,7,8). The third-order valence-electron chi connectivity index (χ3n) is 2.20. The van der Waals surface area contributed by atoms with E-state index >= 15 is 0 Å². The van der Waals surface area contributed by atoms with Crippen LogP contribution in [0.1, 0.15) is 25.3 Å². The molecule has 0 radical (unpaired) electrons. The lowest BCUT2D eigenvalue weighted by Crippen LogP contribution is -2.10. The zero-order chi connectivity index (χ0) is 12.8. The van der Waals surface area contributed by atoms with Crippen LogP contribution in [-0.4, -0.2) is 22.3 Å². The molecular formula is C12H13NO4. The third kappa shape index (κ3) is 3.47. The Labute approximate surface area is 98.9 Å². The molecule has 1 aromatic rings. The number of carbonyl (C=O) groups is 1. The van der Waals surface area contributed by atoms with Crippen molar-refractivity contribution >= 4 is 5.97 Å². The Morgan fingerprint density at radius 2 is 2.12 bits per heavy atom. The van der Waals surface area contributed by atoms with Crippen molar-refractivity contribution in [2.45, 2.75) is 25.9 Å². The van der Waals surface area contributed by atoms with E-state index < -0.39 is 12.1 Å². The summed E-state index contributed by atoms with van der Waals surface area (Å²) in [5.41, 5.74) is 0.678. The summed E-state index contributed by atoms with van der Waals surface area (Å²) in [6.07, 6.45) is -0.310. The number of aliphatic hydroxyl groups excluding tert-OH is 1. The summed E-state index contributed by atoms with van der Waals surface area (Å²) in [6, 6.07) is 7.48. The first kappa shape index (κ1) is 13.0. The fourth-order valence-electron chi connectivity index (χ4n) is 1.21. The van der Waals surface area contributed by atoms with Crippen molar-refractivity contribution in [2.24, 2.45) is 0 Å². The molecule has 3 rings (SSSR count). The van der Waals surface area contributed by atoms with Crippen LogP contribution in [0, 0.1) is 11.3 Å². The Bertz CT molecular complexity index is 430. The first-order valence-corrected chi connectivity index (χ1v) is 5.19. The Kier molecular flexibility index (Phi) is 4.49. The minimum Gasteiger partial charge on any atom is -0.481 e. The lowest BCUT2D eigenvalue weighted by molar-refractivity contribution is -0.139. The van der Waals surface area contributed by atoms with E-state index in [0.717, 1.165) is 0 Å². The molecule has 2 aliphatic rings. The fourth-order valence-corrected chi connectivity index (χ4v) is 1.21. The normalized spacial score (nSPS) is 12.1. The molecular weight excluding hydrogens is 222 g/mol. The third-order valence-corrected chi connectivity index (χ3v) is 2.20. The lowest BCUT2D eigenvalue weighted by atomic mass is 10.1. The Balaban J connectivity index is 0.000000172. The van der Waals surface area contributed by atoms with Gasteiger partial charge in [0, 0.05) is 0 Å². The number of nitriles is 1. The number of carboxylic acids is 1. The van der Waals surface area contributed by atoms with Crippen LogP contribution < -0.4 is 4.74 Å². The Hall–Kier alpha value is -2.06. The summed E-state index contributed by atoms with van der Waals surface area (Å²) in [7, 11) is 0. The van der Waals surface area contributed by atoms with E-state index in [1.807, 2.05) is 12.1 Å². The predicted molar refractivity (Wildman–Crippen MR) is 59.8 cm³/mol. The van der Waals surface area contributed by atoms with Crippen LogP contribution in [0.25, 0.3) is 0 Å². The molecule has 5 nitrogen and oxygen atoms in total. The van der Waals surface area contributed by atoms with E-state index in [1.165, 1.54) is 0 Å². The molecule has 1 aromatic carbocycles. The van der Waals surface area contributed by atoms with Gasteiger partial charge >= 0.3 is 5.97 Å². The van der Waals surface area contributed by atoms with Gasteiger partial charge < -0.3 is 14.9 Å². The second kappa shape index (κ2) is 5.87. The number of aliphatic carboxylic acids is 1. The summed E-state index contributed by atoms with van der Waals surface area (Å²) in [5.74, 6) is 0.462. The van der Waals surface area contributed by atoms with E-state index in [9.17, 15) is 4.79 Å². The SMILES string of the molecule is CCC(O)CC(=O)O.N#Cc1c2cccc1O2. The van der Waals surface area contributed by atoms with Gasteiger partial charge in [-0.05, 0) is 18.6 Å². The summed E-state index contributed by atoms with van der Waals surface area (Å²) < 4.78 is 5.01. The number of benzene rings is 1. The van der Waals surface area contributed by atoms with Gasteiger partial charge in [0.05, 0.1) is 12.5 Å². The van der Waals surface area contributed by atoms with E-state index in [2.05, 4.69) is 0 Å². The van der Waals surface area contributed by atoms with Gasteiger partial charge in [-0.3, -0.25) is 4.79 Å².